The summed E-state index contributed by atoms with van der Waals surface area (Å²) in [6, 6.07) is 5.14. The van der Waals surface area contributed by atoms with Gasteiger partial charge in [-0.15, -0.1) is 0 Å². The molecule has 0 saturated carbocycles. The van der Waals surface area contributed by atoms with Gasteiger partial charge in [0.05, 0.1) is 17.7 Å². The second kappa shape index (κ2) is 10.00. The summed E-state index contributed by atoms with van der Waals surface area (Å²) in [4.78, 5) is 62.5. The van der Waals surface area contributed by atoms with Gasteiger partial charge in [0.1, 0.15) is 6.04 Å². The second-order valence-corrected chi connectivity index (χ2v) is 7.78. The molecule has 0 bridgehead atoms. The summed E-state index contributed by atoms with van der Waals surface area (Å²) in [5.41, 5.74) is 0.468. The number of benzene rings is 1. The molecule has 162 valence electrons. The molecule has 0 unspecified atom stereocenters. The zero-order valence-electron chi connectivity index (χ0n) is 17.6. The number of carbonyl (C=O) groups excluding carboxylic acids is 5. The topological polar surface area (TPSA) is 122 Å². The highest BCUT2D eigenvalue weighted by Crippen LogP contribution is 2.27. The Morgan fingerprint density at radius 2 is 1.53 bits per heavy atom. The van der Waals surface area contributed by atoms with Gasteiger partial charge in [0.25, 0.3) is 17.7 Å². The first kappa shape index (κ1) is 23.1. The summed E-state index contributed by atoms with van der Waals surface area (Å²) in [6.45, 7) is 6.40. The number of fused-ring (bicyclic) bond motifs is 1. The van der Waals surface area contributed by atoms with E-state index in [2.05, 4.69) is 10.6 Å². The SMILES string of the molecule is CC(C)C[C@H](C(=O)OCC(=O)NCC(=O)NC(C)C)N1C(=O)c2ccccc2C1=O. The van der Waals surface area contributed by atoms with Gasteiger partial charge in [0, 0.05) is 6.04 Å². The van der Waals surface area contributed by atoms with Crippen LogP contribution in [0.4, 0.5) is 0 Å². The summed E-state index contributed by atoms with van der Waals surface area (Å²) >= 11 is 0. The molecule has 1 aromatic carbocycles. The zero-order valence-corrected chi connectivity index (χ0v) is 17.6. The summed E-state index contributed by atoms with van der Waals surface area (Å²) in [5.74, 6) is -3.01. The van der Waals surface area contributed by atoms with Crippen LogP contribution >= 0.6 is 0 Å². The lowest BCUT2D eigenvalue weighted by molar-refractivity contribution is -0.152. The van der Waals surface area contributed by atoms with E-state index < -0.39 is 36.3 Å². The summed E-state index contributed by atoms with van der Waals surface area (Å²) in [5, 5.41) is 4.96. The van der Waals surface area contributed by atoms with Crippen LogP contribution in [0.5, 0.6) is 0 Å². The Hall–Kier alpha value is -3.23. The lowest BCUT2D eigenvalue weighted by atomic mass is 10.0. The van der Waals surface area contributed by atoms with Crippen molar-refractivity contribution in [2.75, 3.05) is 13.2 Å². The van der Waals surface area contributed by atoms with Gasteiger partial charge in [0.15, 0.2) is 6.61 Å². The zero-order chi connectivity index (χ0) is 22.4. The molecular formula is C21H27N3O6. The highest BCUT2D eigenvalue weighted by molar-refractivity contribution is 6.22. The van der Waals surface area contributed by atoms with Crippen LogP contribution in [0.2, 0.25) is 0 Å². The Kier molecular flexibility index (Phi) is 7.68. The van der Waals surface area contributed by atoms with Crippen LogP contribution in [0, 0.1) is 5.92 Å². The van der Waals surface area contributed by atoms with E-state index in [4.69, 9.17) is 4.74 Å². The smallest absolute Gasteiger partial charge is 0.329 e. The fourth-order valence-corrected chi connectivity index (χ4v) is 3.08. The van der Waals surface area contributed by atoms with Crippen LogP contribution in [0.25, 0.3) is 0 Å². The molecule has 0 saturated heterocycles. The van der Waals surface area contributed by atoms with Gasteiger partial charge in [-0.3, -0.25) is 24.1 Å². The van der Waals surface area contributed by atoms with Crippen LogP contribution in [-0.4, -0.2) is 59.7 Å². The molecule has 9 heteroatoms. The number of ether oxygens (including phenoxy) is 1. The molecular weight excluding hydrogens is 390 g/mol. The van der Waals surface area contributed by atoms with E-state index in [9.17, 15) is 24.0 Å². The lowest BCUT2D eigenvalue weighted by Crippen LogP contribution is -2.47. The summed E-state index contributed by atoms with van der Waals surface area (Å²) in [7, 11) is 0. The number of hydrogen-bond acceptors (Lipinski definition) is 6. The minimum Gasteiger partial charge on any atom is -0.454 e. The normalized spacial score (nSPS) is 14.0. The van der Waals surface area contributed by atoms with E-state index in [0.717, 1.165) is 4.90 Å². The minimum absolute atomic E-state index is 0.0135. The molecule has 2 rings (SSSR count). The van der Waals surface area contributed by atoms with E-state index in [0.29, 0.717) is 0 Å². The molecule has 0 aromatic heterocycles. The van der Waals surface area contributed by atoms with E-state index in [1.165, 1.54) is 12.1 Å². The van der Waals surface area contributed by atoms with Crippen molar-refractivity contribution in [2.24, 2.45) is 5.92 Å². The predicted octanol–water partition coefficient (Wildman–Crippen LogP) is 0.881. The summed E-state index contributed by atoms with van der Waals surface area (Å²) in [6.07, 6.45) is 0.197. The van der Waals surface area contributed by atoms with Crippen molar-refractivity contribution < 1.29 is 28.7 Å². The summed E-state index contributed by atoms with van der Waals surface area (Å²) < 4.78 is 5.06. The van der Waals surface area contributed by atoms with Gasteiger partial charge in [-0.25, -0.2) is 4.79 Å². The van der Waals surface area contributed by atoms with E-state index in [1.54, 1.807) is 26.0 Å². The Balaban J connectivity index is 2.01. The van der Waals surface area contributed by atoms with Crippen LogP contribution in [0.3, 0.4) is 0 Å². The van der Waals surface area contributed by atoms with Crippen LogP contribution in [0.15, 0.2) is 24.3 Å². The fraction of sp³-hybridized carbons (Fsp3) is 0.476. The minimum atomic E-state index is -1.14. The molecule has 1 aliphatic heterocycles. The highest BCUT2D eigenvalue weighted by atomic mass is 16.5. The van der Waals surface area contributed by atoms with Crippen molar-refractivity contribution in [3.63, 3.8) is 0 Å². The van der Waals surface area contributed by atoms with Crippen LogP contribution in [-0.2, 0) is 19.1 Å². The Morgan fingerprint density at radius 1 is 0.967 bits per heavy atom. The first-order valence-electron chi connectivity index (χ1n) is 9.81. The molecule has 1 aliphatic rings. The van der Waals surface area contributed by atoms with Crippen molar-refractivity contribution in [1.29, 1.82) is 0 Å². The number of imide groups is 1. The molecule has 2 N–H and O–H groups in total. The first-order chi connectivity index (χ1) is 14.1. The average Bonchev–Trinajstić information content (AvgIpc) is 2.93. The standard InChI is InChI=1S/C21H27N3O6/c1-12(2)9-16(24-19(27)14-7-5-6-8-15(14)20(24)28)21(29)30-11-18(26)22-10-17(25)23-13(3)4/h5-8,12-13,16H,9-11H2,1-4H3,(H,22,26)(H,23,25)/t16-/m1/s1. The van der Waals surface area contributed by atoms with Gasteiger partial charge < -0.3 is 15.4 Å². The van der Waals surface area contributed by atoms with Crippen LogP contribution in [0.1, 0.15) is 54.8 Å². The number of amides is 4. The molecule has 0 fully saturated rings. The maximum atomic E-state index is 12.7. The lowest BCUT2D eigenvalue weighted by Gasteiger charge is -2.25. The van der Waals surface area contributed by atoms with Gasteiger partial charge in [0.2, 0.25) is 5.91 Å². The third kappa shape index (κ3) is 5.65. The van der Waals surface area contributed by atoms with Gasteiger partial charge in [-0.2, -0.15) is 0 Å². The van der Waals surface area contributed by atoms with Crippen LogP contribution < -0.4 is 10.6 Å². The molecule has 0 radical (unpaired) electrons. The molecule has 9 nitrogen and oxygen atoms in total. The van der Waals surface area contributed by atoms with Crippen molar-refractivity contribution in [1.82, 2.24) is 15.5 Å². The third-order valence-electron chi connectivity index (χ3n) is 4.35. The van der Waals surface area contributed by atoms with Gasteiger partial charge in [-0.1, -0.05) is 26.0 Å². The van der Waals surface area contributed by atoms with E-state index >= 15 is 0 Å². The Labute approximate surface area is 175 Å². The first-order valence-corrected chi connectivity index (χ1v) is 9.81. The molecule has 1 atom stereocenters. The maximum Gasteiger partial charge on any atom is 0.329 e. The number of hydrogen-bond donors (Lipinski definition) is 2. The van der Waals surface area contributed by atoms with Crippen molar-refractivity contribution in [2.45, 2.75) is 46.2 Å². The van der Waals surface area contributed by atoms with Crippen molar-refractivity contribution in [3.05, 3.63) is 35.4 Å². The second-order valence-electron chi connectivity index (χ2n) is 7.78. The number of rotatable bonds is 9. The largest absolute Gasteiger partial charge is 0.454 e. The van der Waals surface area contributed by atoms with Crippen molar-refractivity contribution >= 4 is 29.6 Å². The van der Waals surface area contributed by atoms with Gasteiger partial charge >= 0.3 is 5.97 Å². The average molecular weight is 417 g/mol. The quantitative estimate of drug-likeness (QED) is 0.454. The monoisotopic (exact) mass is 417 g/mol. The molecule has 30 heavy (non-hydrogen) atoms. The molecule has 0 aliphatic carbocycles. The number of carbonyl (C=O) groups is 5. The number of nitrogens with zero attached hydrogens (tertiary/aromatic N) is 1. The predicted molar refractivity (Wildman–Crippen MR) is 107 cm³/mol. The maximum absolute atomic E-state index is 12.7. The number of nitrogens with one attached hydrogen (secondary N) is 2. The van der Waals surface area contributed by atoms with E-state index in [-0.39, 0.29) is 42.0 Å². The Morgan fingerprint density at radius 3 is 2.03 bits per heavy atom. The molecule has 1 heterocycles. The molecule has 4 amide bonds. The molecule has 1 aromatic rings. The highest BCUT2D eigenvalue weighted by Gasteiger charge is 2.43. The third-order valence-corrected chi connectivity index (χ3v) is 4.35. The molecule has 0 spiro atoms. The Bertz CT molecular complexity index is 814. The van der Waals surface area contributed by atoms with E-state index in [1.807, 2.05) is 13.8 Å². The van der Waals surface area contributed by atoms with Crippen molar-refractivity contribution in [3.8, 4) is 0 Å². The fourth-order valence-electron chi connectivity index (χ4n) is 3.08. The number of esters is 1. The van der Waals surface area contributed by atoms with Gasteiger partial charge in [-0.05, 0) is 38.3 Å².